The molecule has 3 saturated heterocycles. The number of quaternary nitrogens is 1. The number of aliphatic hydroxyl groups is 1. The van der Waals surface area contributed by atoms with Crippen molar-refractivity contribution >= 4 is 10.9 Å². The number of aliphatic hydroxyl groups excluding tert-OH is 1. The Hall–Kier alpha value is -3.23. The summed E-state index contributed by atoms with van der Waals surface area (Å²) in [4.78, 5) is 13.8. The molecule has 0 aliphatic carbocycles. The SMILES string of the molecule is C=CCC1CC2CC[N+]1(Cc1cc(OCC)nc(OCC)n1)C(C(O)c1ccnc3ccc(OC)cc13)C2. The summed E-state index contributed by atoms with van der Waals surface area (Å²) in [5.41, 5.74) is 2.62. The molecule has 5 atom stereocenters. The zero-order valence-electron chi connectivity index (χ0n) is 22.7. The van der Waals surface area contributed by atoms with Crippen LogP contribution < -0.4 is 14.2 Å². The summed E-state index contributed by atoms with van der Waals surface area (Å²) in [5, 5.41) is 13.1. The molecule has 5 heterocycles. The van der Waals surface area contributed by atoms with Gasteiger partial charge in [0.25, 0.3) is 0 Å². The van der Waals surface area contributed by atoms with E-state index in [1.54, 1.807) is 13.3 Å². The summed E-state index contributed by atoms with van der Waals surface area (Å²) in [7, 11) is 1.66. The van der Waals surface area contributed by atoms with E-state index in [2.05, 4.69) is 16.5 Å². The van der Waals surface area contributed by atoms with Crippen LogP contribution in [0.4, 0.5) is 0 Å². The van der Waals surface area contributed by atoms with Gasteiger partial charge < -0.3 is 23.8 Å². The summed E-state index contributed by atoms with van der Waals surface area (Å²) in [6.45, 7) is 10.6. The van der Waals surface area contributed by atoms with E-state index in [1.165, 1.54) is 0 Å². The molecular weight excluding hydrogens is 480 g/mol. The maximum absolute atomic E-state index is 12.1. The highest BCUT2D eigenvalue weighted by atomic mass is 16.5. The van der Waals surface area contributed by atoms with Crippen molar-refractivity contribution in [2.45, 2.75) is 64.3 Å². The highest BCUT2D eigenvalue weighted by Crippen LogP contribution is 2.49. The number of methoxy groups -OCH3 is 1. The largest absolute Gasteiger partial charge is 0.497 e. The van der Waals surface area contributed by atoms with Crippen molar-refractivity contribution in [3.05, 3.63) is 60.4 Å². The molecule has 3 aromatic rings. The van der Waals surface area contributed by atoms with Crippen LogP contribution in [0.25, 0.3) is 10.9 Å². The number of ether oxygens (including phenoxy) is 3. The first-order chi connectivity index (χ1) is 18.5. The van der Waals surface area contributed by atoms with Crippen LogP contribution >= 0.6 is 0 Å². The first-order valence-corrected chi connectivity index (χ1v) is 13.7. The Morgan fingerprint density at radius 2 is 1.97 bits per heavy atom. The second-order valence-electron chi connectivity index (χ2n) is 10.4. The molecule has 202 valence electrons. The normalized spacial score (nSPS) is 25.2. The number of nitrogens with zero attached hydrogens (tertiary/aromatic N) is 4. The average molecular weight is 520 g/mol. The van der Waals surface area contributed by atoms with Crippen LogP contribution in [0.3, 0.4) is 0 Å². The molecule has 3 aliphatic heterocycles. The Kier molecular flexibility index (Phi) is 7.81. The van der Waals surface area contributed by atoms with Gasteiger partial charge in [-0.25, -0.2) is 0 Å². The van der Waals surface area contributed by atoms with Crippen LogP contribution in [0.1, 0.15) is 56.9 Å². The Labute approximate surface area is 224 Å². The number of piperidine rings is 3. The average Bonchev–Trinajstić information content (AvgIpc) is 2.93. The number of aromatic nitrogens is 3. The quantitative estimate of drug-likeness (QED) is 0.282. The minimum absolute atomic E-state index is 0.00491. The van der Waals surface area contributed by atoms with Crippen molar-refractivity contribution < 1.29 is 23.8 Å². The van der Waals surface area contributed by atoms with E-state index in [1.807, 2.05) is 50.3 Å². The standard InChI is InChI=1S/C30H39N4O4/c1-5-8-22-15-20-12-14-34(22,19-21-17-28(37-6-2)33-30(32-21)38-7-3)27(16-20)29(35)24-11-13-31-26-10-9-23(36-4)18-25(24)26/h5,9-11,13,17-18,20,22,27,29,35H,1,6-8,12,14-16,19H2,2-4H3/q+1. The number of fused-ring (bicyclic) bond motifs is 4. The van der Waals surface area contributed by atoms with Gasteiger partial charge in [0.05, 0.1) is 38.4 Å². The Balaban J connectivity index is 1.58. The minimum atomic E-state index is -0.664. The smallest absolute Gasteiger partial charge is 0.320 e. The monoisotopic (exact) mass is 519 g/mol. The molecule has 0 saturated carbocycles. The lowest BCUT2D eigenvalue weighted by Crippen LogP contribution is -2.69. The molecule has 0 amide bonds. The van der Waals surface area contributed by atoms with E-state index in [-0.39, 0.29) is 6.04 Å². The summed E-state index contributed by atoms with van der Waals surface area (Å²) in [5.74, 6) is 1.87. The van der Waals surface area contributed by atoms with Crippen LogP contribution in [0.15, 0.2) is 49.2 Å². The number of hydrogen-bond acceptors (Lipinski definition) is 7. The molecule has 3 fully saturated rings. The second kappa shape index (κ2) is 11.3. The Morgan fingerprint density at radius 1 is 1.13 bits per heavy atom. The fourth-order valence-electron chi connectivity index (χ4n) is 6.74. The zero-order chi connectivity index (χ0) is 26.7. The first-order valence-electron chi connectivity index (χ1n) is 13.7. The molecule has 1 N–H and O–H groups in total. The van der Waals surface area contributed by atoms with E-state index in [0.29, 0.717) is 43.6 Å². The van der Waals surface area contributed by atoms with Gasteiger partial charge in [-0.3, -0.25) is 4.98 Å². The zero-order valence-corrected chi connectivity index (χ0v) is 22.7. The maximum atomic E-state index is 12.1. The van der Waals surface area contributed by atoms with Crippen LogP contribution in [-0.4, -0.2) is 63.5 Å². The van der Waals surface area contributed by atoms with E-state index in [0.717, 1.165) is 64.6 Å². The second-order valence-corrected chi connectivity index (χ2v) is 10.4. The van der Waals surface area contributed by atoms with Crippen molar-refractivity contribution in [3.63, 3.8) is 0 Å². The Bertz CT molecular complexity index is 1260. The first kappa shape index (κ1) is 26.4. The fraction of sp³-hybridized carbons (Fsp3) is 0.500. The number of pyridine rings is 1. The van der Waals surface area contributed by atoms with Gasteiger partial charge in [0.2, 0.25) is 5.88 Å². The van der Waals surface area contributed by atoms with Crippen molar-refractivity contribution in [3.8, 4) is 17.6 Å². The van der Waals surface area contributed by atoms with E-state index in [9.17, 15) is 5.11 Å². The lowest BCUT2D eigenvalue weighted by molar-refractivity contribution is -1.00. The molecule has 38 heavy (non-hydrogen) atoms. The Morgan fingerprint density at radius 3 is 2.74 bits per heavy atom. The molecule has 2 aromatic heterocycles. The fourth-order valence-corrected chi connectivity index (χ4v) is 6.74. The predicted octanol–water partition coefficient (Wildman–Crippen LogP) is 5.01. The van der Waals surface area contributed by atoms with Crippen molar-refractivity contribution in [2.75, 3.05) is 26.9 Å². The van der Waals surface area contributed by atoms with Gasteiger partial charge in [-0.15, -0.1) is 6.58 Å². The summed E-state index contributed by atoms with van der Waals surface area (Å²) in [6, 6.07) is 10.4. The predicted molar refractivity (Wildman–Crippen MR) is 146 cm³/mol. The van der Waals surface area contributed by atoms with Gasteiger partial charge >= 0.3 is 6.01 Å². The van der Waals surface area contributed by atoms with Gasteiger partial charge in [0.1, 0.15) is 30.1 Å². The third kappa shape index (κ3) is 4.95. The lowest BCUT2D eigenvalue weighted by atomic mass is 9.72. The molecule has 8 nitrogen and oxygen atoms in total. The minimum Gasteiger partial charge on any atom is -0.497 e. The molecule has 6 rings (SSSR count). The molecule has 0 radical (unpaired) electrons. The van der Waals surface area contributed by atoms with Gasteiger partial charge in [-0.05, 0) is 56.0 Å². The number of hydrogen-bond donors (Lipinski definition) is 1. The maximum Gasteiger partial charge on any atom is 0.320 e. The van der Waals surface area contributed by atoms with Crippen molar-refractivity contribution in [1.29, 1.82) is 0 Å². The summed E-state index contributed by atoms with van der Waals surface area (Å²) >= 11 is 0. The summed E-state index contributed by atoms with van der Waals surface area (Å²) in [6.07, 6.45) is 7.28. The lowest BCUT2D eigenvalue weighted by Gasteiger charge is -2.60. The van der Waals surface area contributed by atoms with Crippen LogP contribution in [0, 0.1) is 5.92 Å². The molecular formula is C30H39N4O4+. The van der Waals surface area contributed by atoms with Crippen LogP contribution in [-0.2, 0) is 6.54 Å². The number of benzene rings is 1. The third-order valence-electron chi connectivity index (χ3n) is 8.38. The molecule has 8 heteroatoms. The van der Waals surface area contributed by atoms with E-state index >= 15 is 0 Å². The molecule has 2 bridgehead atoms. The topological polar surface area (TPSA) is 86.6 Å². The highest BCUT2D eigenvalue weighted by molar-refractivity contribution is 5.83. The van der Waals surface area contributed by atoms with Crippen LogP contribution in [0.5, 0.6) is 17.6 Å². The van der Waals surface area contributed by atoms with Crippen molar-refractivity contribution in [1.82, 2.24) is 15.0 Å². The molecule has 3 aliphatic rings. The van der Waals surface area contributed by atoms with Crippen LogP contribution in [0.2, 0.25) is 0 Å². The number of rotatable bonds is 11. The van der Waals surface area contributed by atoms with Crippen molar-refractivity contribution in [2.24, 2.45) is 5.92 Å². The van der Waals surface area contributed by atoms with Gasteiger partial charge in [-0.1, -0.05) is 6.08 Å². The third-order valence-corrected chi connectivity index (χ3v) is 8.38. The molecule has 5 unspecified atom stereocenters. The molecule has 0 spiro atoms. The van der Waals surface area contributed by atoms with E-state index in [4.69, 9.17) is 19.2 Å². The van der Waals surface area contributed by atoms with Gasteiger partial charge in [0, 0.05) is 36.9 Å². The van der Waals surface area contributed by atoms with Gasteiger partial charge in [0.15, 0.2) is 0 Å². The van der Waals surface area contributed by atoms with E-state index < -0.39 is 6.10 Å². The molecule has 1 aromatic carbocycles. The highest BCUT2D eigenvalue weighted by Gasteiger charge is 2.56. The van der Waals surface area contributed by atoms with Gasteiger partial charge in [-0.2, -0.15) is 9.97 Å². The summed E-state index contributed by atoms with van der Waals surface area (Å²) < 4.78 is 17.7.